The van der Waals surface area contributed by atoms with E-state index < -0.39 is 37.8 Å². The number of carbonyl (C=O) groups is 1. The Hall–Kier alpha value is -0.540. The van der Waals surface area contributed by atoms with E-state index in [1.54, 1.807) is 0 Å². The quantitative estimate of drug-likeness (QED) is 0.838. The summed E-state index contributed by atoms with van der Waals surface area (Å²) in [5.41, 5.74) is 0. The molecule has 1 aliphatic heterocycles. The molecular formula is C10H8Cl2FNO4S2. The zero-order valence-electron chi connectivity index (χ0n) is 9.72. The van der Waals surface area contributed by atoms with Gasteiger partial charge in [-0.1, -0.05) is 23.2 Å². The van der Waals surface area contributed by atoms with Gasteiger partial charge in [0, 0.05) is 5.75 Å². The third kappa shape index (κ3) is 2.62. The monoisotopic (exact) mass is 359 g/mol. The SMILES string of the molecule is O=C(O)C1CSCN1S(=O)(=O)c1ccc(Cl)c(F)c1Cl. The Morgan fingerprint density at radius 1 is 1.45 bits per heavy atom. The van der Waals surface area contributed by atoms with E-state index in [2.05, 4.69) is 0 Å². The van der Waals surface area contributed by atoms with Crippen molar-refractivity contribution in [3.8, 4) is 0 Å². The zero-order chi connectivity index (χ0) is 15.1. The number of nitrogens with zero attached hydrogens (tertiary/aromatic N) is 1. The van der Waals surface area contributed by atoms with Gasteiger partial charge in [0.25, 0.3) is 0 Å². The molecule has 0 bridgehead atoms. The van der Waals surface area contributed by atoms with Gasteiger partial charge < -0.3 is 5.11 Å². The van der Waals surface area contributed by atoms with Gasteiger partial charge in [-0.2, -0.15) is 4.31 Å². The summed E-state index contributed by atoms with van der Waals surface area (Å²) < 4.78 is 39.2. The molecule has 1 unspecified atom stereocenters. The second kappa shape index (κ2) is 5.69. The molecular weight excluding hydrogens is 352 g/mol. The lowest BCUT2D eigenvalue weighted by Crippen LogP contribution is -2.41. The molecule has 0 saturated carbocycles. The number of benzene rings is 1. The van der Waals surface area contributed by atoms with Crippen LogP contribution in [0, 0.1) is 5.82 Å². The van der Waals surface area contributed by atoms with Crippen LogP contribution in [0.25, 0.3) is 0 Å². The van der Waals surface area contributed by atoms with Crippen molar-refractivity contribution in [3.05, 3.63) is 28.0 Å². The van der Waals surface area contributed by atoms with E-state index in [4.69, 9.17) is 28.3 Å². The van der Waals surface area contributed by atoms with Crippen molar-refractivity contribution in [1.29, 1.82) is 0 Å². The molecule has 2 rings (SSSR count). The molecule has 1 atom stereocenters. The molecule has 110 valence electrons. The summed E-state index contributed by atoms with van der Waals surface area (Å²) in [6.07, 6.45) is 0. The maximum atomic E-state index is 13.6. The van der Waals surface area contributed by atoms with Gasteiger partial charge in [0.1, 0.15) is 10.9 Å². The molecule has 0 amide bonds. The highest BCUT2D eigenvalue weighted by atomic mass is 35.5. The summed E-state index contributed by atoms with van der Waals surface area (Å²) in [7, 11) is -4.20. The molecule has 1 aromatic carbocycles. The molecule has 1 aromatic rings. The number of hydrogen-bond donors (Lipinski definition) is 1. The predicted molar refractivity (Wildman–Crippen MR) is 74.2 cm³/mol. The van der Waals surface area contributed by atoms with Crippen molar-refractivity contribution in [2.45, 2.75) is 10.9 Å². The highest BCUT2D eigenvalue weighted by Gasteiger charge is 2.41. The van der Waals surface area contributed by atoms with Gasteiger partial charge in [-0.3, -0.25) is 4.79 Å². The van der Waals surface area contributed by atoms with E-state index in [1.165, 1.54) is 0 Å². The Morgan fingerprint density at radius 2 is 2.10 bits per heavy atom. The van der Waals surface area contributed by atoms with Crippen molar-refractivity contribution >= 4 is 51.0 Å². The number of sulfonamides is 1. The number of hydrogen-bond acceptors (Lipinski definition) is 4. The van der Waals surface area contributed by atoms with E-state index in [1.807, 2.05) is 0 Å². The Bertz CT molecular complexity index is 667. The van der Waals surface area contributed by atoms with Gasteiger partial charge in [-0.05, 0) is 12.1 Å². The maximum Gasteiger partial charge on any atom is 0.322 e. The first-order valence-corrected chi connectivity index (χ1v) is 8.57. The molecule has 0 aromatic heterocycles. The summed E-state index contributed by atoms with van der Waals surface area (Å²) in [6.45, 7) is 0. The maximum absolute atomic E-state index is 13.6. The fourth-order valence-corrected chi connectivity index (χ4v) is 5.55. The van der Waals surface area contributed by atoms with Gasteiger partial charge in [0.05, 0.1) is 15.9 Å². The normalized spacial score (nSPS) is 20.2. The standard InChI is InChI=1S/C10H8Cl2FNO4S2/c11-5-1-2-7(8(12)9(5)13)20(17,18)14-4-19-3-6(14)10(15)16/h1-2,6H,3-4H2,(H,15,16). The lowest BCUT2D eigenvalue weighted by Gasteiger charge is -2.20. The molecule has 1 N–H and O–H groups in total. The lowest BCUT2D eigenvalue weighted by molar-refractivity contribution is -0.140. The minimum absolute atomic E-state index is 0.0279. The van der Waals surface area contributed by atoms with Crippen LogP contribution in [0.15, 0.2) is 17.0 Å². The summed E-state index contributed by atoms with van der Waals surface area (Å²) in [5, 5.41) is 8.07. The van der Waals surface area contributed by atoms with Gasteiger partial charge in [-0.25, -0.2) is 12.8 Å². The van der Waals surface area contributed by atoms with Crippen LogP contribution in [0.5, 0.6) is 0 Å². The summed E-state index contributed by atoms with van der Waals surface area (Å²) in [5.74, 6) is -2.21. The lowest BCUT2D eigenvalue weighted by atomic mass is 10.3. The number of aliphatic carboxylic acids is 1. The van der Waals surface area contributed by atoms with Crippen LogP contribution in [-0.2, 0) is 14.8 Å². The van der Waals surface area contributed by atoms with Crippen LogP contribution in [0.3, 0.4) is 0 Å². The average molecular weight is 360 g/mol. The molecule has 1 heterocycles. The molecule has 10 heteroatoms. The Labute approximate surface area is 128 Å². The first-order chi connectivity index (χ1) is 9.26. The number of thioether (sulfide) groups is 1. The van der Waals surface area contributed by atoms with Crippen molar-refractivity contribution in [3.63, 3.8) is 0 Å². The molecule has 1 fully saturated rings. The second-order valence-corrected chi connectivity index (χ2v) is 7.56. The van der Waals surface area contributed by atoms with Crippen LogP contribution < -0.4 is 0 Å². The smallest absolute Gasteiger partial charge is 0.322 e. The number of rotatable bonds is 3. The summed E-state index contributed by atoms with van der Waals surface area (Å²) in [6, 6.07) is 0.930. The Balaban J connectivity index is 2.51. The first-order valence-electron chi connectivity index (χ1n) is 5.22. The highest BCUT2D eigenvalue weighted by molar-refractivity contribution is 8.00. The molecule has 0 aliphatic carbocycles. The van der Waals surface area contributed by atoms with Crippen LogP contribution in [0.1, 0.15) is 0 Å². The van der Waals surface area contributed by atoms with Crippen LogP contribution in [0.2, 0.25) is 10.0 Å². The molecule has 20 heavy (non-hydrogen) atoms. The van der Waals surface area contributed by atoms with Crippen molar-refractivity contribution in [2.75, 3.05) is 11.6 Å². The second-order valence-electron chi connectivity index (χ2n) is 3.92. The third-order valence-electron chi connectivity index (χ3n) is 2.71. The topological polar surface area (TPSA) is 74.7 Å². The van der Waals surface area contributed by atoms with Gasteiger partial charge in [0.15, 0.2) is 5.82 Å². The fourth-order valence-electron chi connectivity index (χ4n) is 1.69. The minimum Gasteiger partial charge on any atom is -0.480 e. The number of halogens is 3. The van der Waals surface area contributed by atoms with Crippen LogP contribution in [-0.4, -0.2) is 41.5 Å². The first kappa shape index (κ1) is 15.8. The molecule has 0 spiro atoms. The van der Waals surface area contributed by atoms with Gasteiger partial charge in [-0.15, -0.1) is 11.8 Å². The number of carboxylic acid groups (broad SMARTS) is 1. The van der Waals surface area contributed by atoms with Crippen LogP contribution >= 0.6 is 35.0 Å². The molecule has 5 nitrogen and oxygen atoms in total. The molecule has 0 radical (unpaired) electrons. The average Bonchev–Trinajstić information content (AvgIpc) is 2.85. The fraction of sp³-hybridized carbons (Fsp3) is 0.300. The largest absolute Gasteiger partial charge is 0.480 e. The van der Waals surface area contributed by atoms with Crippen molar-refractivity contribution in [2.24, 2.45) is 0 Å². The summed E-state index contributed by atoms with van der Waals surface area (Å²) in [4.78, 5) is 10.6. The Kier molecular flexibility index (Phi) is 4.50. The molecule has 1 saturated heterocycles. The number of carboxylic acids is 1. The van der Waals surface area contributed by atoms with Gasteiger partial charge >= 0.3 is 5.97 Å². The van der Waals surface area contributed by atoms with E-state index in [0.717, 1.165) is 28.2 Å². The van der Waals surface area contributed by atoms with Crippen molar-refractivity contribution < 1.29 is 22.7 Å². The van der Waals surface area contributed by atoms with E-state index in [-0.39, 0.29) is 16.7 Å². The summed E-state index contributed by atoms with van der Waals surface area (Å²) >= 11 is 12.3. The Morgan fingerprint density at radius 3 is 2.70 bits per heavy atom. The zero-order valence-corrected chi connectivity index (χ0v) is 12.9. The predicted octanol–water partition coefficient (Wildman–Crippen LogP) is 2.28. The minimum atomic E-state index is -4.20. The van der Waals surface area contributed by atoms with Gasteiger partial charge in [0.2, 0.25) is 10.0 Å². The van der Waals surface area contributed by atoms with E-state index >= 15 is 0 Å². The van der Waals surface area contributed by atoms with E-state index in [9.17, 15) is 17.6 Å². The molecule has 1 aliphatic rings. The third-order valence-corrected chi connectivity index (χ3v) is 6.56. The highest BCUT2D eigenvalue weighted by Crippen LogP contribution is 2.34. The van der Waals surface area contributed by atoms with E-state index in [0.29, 0.717) is 0 Å². The van der Waals surface area contributed by atoms with Crippen molar-refractivity contribution in [1.82, 2.24) is 4.31 Å². The van der Waals surface area contributed by atoms with Crippen LogP contribution in [0.4, 0.5) is 4.39 Å².